The largest absolute Gasteiger partial charge is 0.385 e. The summed E-state index contributed by atoms with van der Waals surface area (Å²) in [7, 11) is 0. The van der Waals surface area contributed by atoms with Crippen LogP contribution in [0, 0.1) is 10.1 Å². The predicted octanol–water partition coefficient (Wildman–Crippen LogP) is 3.93. The minimum atomic E-state index is -0.423. The van der Waals surface area contributed by atoms with Gasteiger partial charge in [0.15, 0.2) is 0 Å². The van der Waals surface area contributed by atoms with E-state index in [-0.39, 0.29) is 11.6 Å². The Morgan fingerprint density at radius 1 is 0.923 bits per heavy atom. The molecule has 6 heteroatoms. The van der Waals surface area contributed by atoms with Gasteiger partial charge >= 0.3 is 0 Å². The molecule has 0 radical (unpaired) electrons. The Kier molecular flexibility index (Phi) is 8.12. The molecular formula is C20H25N3O3. The van der Waals surface area contributed by atoms with E-state index in [9.17, 15) is 14.9 Å². The molecular weight excluding hydrogens is 330 g/mol. The third-order valence-electron chi connectivity index (χ3n) is 4.05. The Morgan fingerprint density at radius 3 is 2.35 bits per heavy atom. The summed E-state index contributed by atoms with van der Waals surface area (Å²) in [5.41, 5.74) is 2.22. The number of aryl methyl sites for hydroxylation is 1. The Morgan fingerprint density at radius 2 is 1.65 bits per heavy atom. The fourth-order valence-corrected chi connectivity index (χ4v) is 2.60. The van der Waals surface area contributed by atoms with Crippen LogP contribution in [-0.4, -0.2) is 23.9 Å². The minimum absolute atomic E-state index is 0.0650. The van der Waals surface area contributed by atoms with Crippen molar-refractivity contribution in [3.05, 3.63) is 70.3 Å². The van der Waals surface area contributed by atoms with Crippen molar-refractivity contribution in [2.24, 2.45) is 0 Å². The zero-order valence-electron chi connectivity index (χ0n) is 14.8. The number of unbranched alkanes of at least 4 members (excludes halogenated alkanes) is 1. The maximum atomic E-state index is 11.8. The zero-order valence-corrected chi connectivity index (χ0v) is 14.8. The summed E-state index contributed by atoms with van der Waals surface area (Å²) >= 11 is 0. The molecule has 6 nitrogen and oxygen atoms in total. The zero-order chi connectivity index (χ0) is 18.6. The fraction of sp³-hybridized carbons (Fsp3) is 0.350. The van der Waals surface area contributed by atoms with Gasteiger partial charge in [-0.3, -0.25) is 14.9 Å². The number of nitrogens with zero attached hydrogens (tertiary/aromatic N) is 1. The van der Waals surface area contributed by atoms with Crippen LogP contribution in [0.2, 0.25) is 0 Å². The molecule has 0 aliphatic heterocycles. The quantitative estimate of drug-likeness (QED) is 0.363. The van der Waals surface area contributed by atoms with Crippen LogP contribution in [0.25, 0.3) is 0 Å². The van der Waals surface area contributed by atoms with Gasteiger partial charge in [-0.05, 0) is 43.4 Å². The van der Waals surface area contributed by atoms with E-state index in [4.69, 9.17) is 0 Å². The summed E-state index contributed by atoms with van der Waals surface area (Å²) < 4.78 is 0. The number of benzene rings is 2. The van der Waals surface area contributed by atoms with Crippen molar-refractivity contribution in [1.82, 2.24) is 5.32 Å². The molecule has 0 aromatic heterocycles. The Labute approximate surface area is 153 Å². The monoisotopic (exact) mass is 355 g/mol. The number of rotatable bonds is 11. The topological polar surface area (TPSA) is 84.3 Å². The highest BCUT2D eigenvalue weighted by molar-refractivity contribution is 5.75. The molecule has 26 heavy (non-hydrogen) atoms. The van der Waals surface area contributed by atoms with Gasteiger partial charge in [-0.2, -0.15) is 0 Å². The molecule has 0 aliphatic rings. The molecule has 0 heterocycles. The van der Waals surface area contributed by atoms with Crippen molar-refractivity contribution in [3.63, 3.8) is 0 Å². The van der Waals surface area contributed by atoms with Gasteiger partial charge in [0, 0.05) is 37.3 Å². The highest BCUT2D eigenvalue weighted by atomic mass is 16.6. The molecule has 0 spiro atoms. The van der Waals surface area contributed by atoms with Gasteiger partial charge in [0.1, 0.15) is 0 Å². The third-order valence-corrected chi connectivity index (χ3v) is 4.05. The summed E-state index contributed by atoms with van der Waals surface area (Å²) in [5, 5.41) is 16.7. The number of carbonyl (C=O) groups is 1. The summed E-state index contributed by atoms with van der Waals surface area (Å²) in [6, 6.07) is 16.6. The van der Waals surface area contributed by atoms with Gasteiger partial charge < -0.3 is 10.6 Å². The molecule has 0 saturated carbocycles. The number of non-ortho nitro benzene ring substituents is 1. The minimum Gasteiger partial charge on any atom is -0.385 e. The van der Waals surface area contributed by atoms with E-state index in [2.05, 4.69) is 22.8 Å². The average Bonchev–Trinajstić information content (AvgIpc) is 2.66. The first kappa shape index (κ1) is 19.4. The van der Waals surface area contributed by atoms with Crippen LogP contribution in [-0.2, 0) is 11.2 Å². The van der Waals surface area contributed by atoms with E-state index in [0.29, 0.717) is 25.9 Å². The summed E-state index contributed by atoms with van der Waals surface area (Å²) in [6.07, 6.45) is 4.26. The van der Waals surface area contributed by atoms with Gasteiger partial charge in [0.2, 0.25) is 5.91 Å². The lowest BCUT2D eigenvalue weighted by Gasteiger charge is -2.07. The van der Waals surface area contributed by atoms with E-state index < -0.39 is 4.92 Å². The average molecular weight is 355 g/mol. The second kappa shape index (κ2) is 10.9. The molecule has 2 N–H and O–H groups in total. The van der Waals surface area contributed by atoms with E-state index in [1.165, 1.54) is 17.7 Å². The van der Waals surface area contributed by atoms with Crippen LogP contribution in [0.4, 0.5) is 11.4 Å². The van der Waals surface area contributed by atoms with E-state index >= 15 is 0 Å². The molecule has 0 saturated heterocycles. The second-order valence-corrected chi connectivity index (χ2v) is 6.13. The lowest BCUT2D eigenvalue weighted by atomic mass is 10.1. The summed E-state index contributed by atoms with van der Waals surface area (Å²) in [4.78, 5) is 22.0. The van der Waals surface area contributed by atoms with Crippen LogP contribution in [0.1, 0.15) is 31.2 Å². The first-order valence-corrected chi connectivity index (χ1v) is 8.94. The van der Waals surface area contributed by atoms with E-state index in [0.717, 1.165) is 24.9 Å². The number of nitro groups is 1. The molecule has 0 bridgehead atoms. The molecule has 138 valence electrons. The smallest absolute Gasteiger partial charge is 0.269 e. The molecule has 2 rings (SSSR count). The highest BCUT2D eigenvalue weighted by Crippen LogP contribution is 2.15. The normalized spacial score (nSPS) is 10.3. The number of hydrogen-bond donors (Lipinski definition) is 2. The number of amides is 1. The number of carbonyl (C=O) groups excluding carboxylic acids is 1. The van der Waals surface area contributed by atoms with Gasteiger partial charge in [-0.1, -0.05) is 30.3 Å². The SMILES string of the molecule is O=C(CCCNc1ccc([N+](=O)[O-])cc1)NCCCCc1ccccc1. The maximum Gasteiger partial charge on any atom is 0.269 e. The molecule has 0 atom stereocenters. The molecule has 1 amide bonds. The standard InChI is InChI=1S/C20H25N3O3/c24-20(22-15-5-4-9-17-7-2-1-3-8-17)10-6-16-21-18-11-13-19(14-12-18)23(25)26/h1-3,7-8,11-14,21H,4-6,9-10,15-16H2,(H,22,24). The van der Waals surface area contributed by atoms with Crippen molar-refractivity contribution in [3.8, 4) is 0 Å². The highest BCUT2D eigenvalue weighted by Gasteiger charge is 2.04. The molecule has 0 aliphatic carbocycles. The van der Waals surface area contributed by atoms with Crippen LogP contribution < -0.4 is 10.6 Å². The number of anilines is 1. The van der Waals surface area contributed by atoms with Gasteiger partial charge in [-0.15, -0.1) is 0 Å². The van der Waals surface area contributed by atoms with Crippen LogP contribution in [0.3, 0.4) is 0 Å². The van der Waals surface area contributed by atoms with E-state index in [1.54, 1.807) is 12.1 Å². The van der Waals surface area contributed by atoms with Crippen molar-refractivity contribution in [2.45, 2.75) is 32.1 Å². The molecule has 0 fully saturated rings. The van der Waals surface area contributed by atoms with E-state index in [1.807, 2.05) is 18.2 Å². The number of nitro benzene ring substituents is 1. The molecule has 2 aromatic rings. The second-order valence-electron chi connectivity index (χ2n) is 6.13. The molecule has 0 unspecified atom stereocenters. The van der Waals surface area contributed by atoms with Crippen LogP contribution in [0.15, 0.2) is 54.6 Å². The fourth-order valence-electron chi connectivity index (χ4n) is 2.60. The Bertz CT molecular complexity index is 687. The first-order chi connectivity index (χ1) is 12.6. The number of nitrogens with one attached hydrogen (secondary N) is 2. The van der Waals surface area contributed by atoms with Crippen molar-refractivity contribution >= 4 is 17.3 Å². The van der Waals surface area contributed by atoms with Crippen LogP contribution >= 0.6 is 0 Å². The van der Waals surface area contributed by atoms with Crippen molar-refractivity contribution in [2.75, 3.05) is 18.4 Å². The van der Waals surface area contributed by atoms with Gasteiger partial charge in [-0.25, -0.2) is 0 Å². The Balaban J connectivity index is 1.50. The van der Waals surface area contributed by atoms with Gasteiger partial charge in [0.05, 0.1) is 4.92 Å². The maximum absolute atomic E-state index is 11.8. The van der Waals surface area contributed by atoms with Crippen LogP contribution in [0.5, 0.6) is 0 Å². The summed E-state index contributed by atoms with van der Waals surface area (Å²) in [5.74, 6) is 0.0650. The summed E-state index contributed by atoms with van der Waals surface area (Å²) in [6.45, 7) is 1.36. The molecule has 2 aromatic carbocycles. The van der Waals surface area contributed by atoms with Gasteiger partial charge in [0.25, 0.3) is 5.69 Å². The lowest BCUT2D eigenvalue weighted by Crippen LogP contribution is -2.24. The lowest BCUT2D eigenvalue weighted by molar-refractivity contribution is -0.384. The first-order valence-electron chi connectivity index (χ1n) is 8.94. The van der Waals surface area contributed by atoms with Crippen molar-refractivity contribution < 1.29 is 9.72 Å². The van der Waals surface area contributed by atoms with Crippen molar-refractivity contribution in [1.29, 1.82) is 0 Å². The number of hydrogen-bond acceptors (Lipinski definition) is 4. The Hall–Kier alpha value is -2.89. The third kappa shape index (κ3) is 7.34. The predicted molar refractivity (Wildman–Crippen MR) is 103 cm³/mol.